The van der Waals surface area contributed by atoms with Gasteiger partial charge in [0.1, 0.15) is -1.13 Å². The summed E-state index contributed by atoms with van der Waals surface area (Å²) in [5.74, 6) is -0.880. The third kappa shape index (κ3) is 5.76. The highest BCUT2D eigenvalue weighted by atomic mass is 127. The number of aromatic carboxylic acids is 1. The van der Waals surface area contributed by atoms with Crippen molar-refractivity contribution in [2.24, 2.45) is 0 Å². The summed E-state index contributed by atoms with van der Waals surface area (Å²) in [4.78, 5) is 11.1. The van der Waals surface area contributed by atoms with Crippen molar-refractivity contribution in [2.45, 2.75) is -1.13 Å². The van der Waals surface area contributed by atoms with Gasteiger partial charge in [-0.2, -0.15) is 0 Å². The minimum atomic E-state index is -0.880. The molecular formula is C9H4I6O2. The zero-order chi connectivity index (χ0) is 13.4. The molecule has 0 unspecified atom stereocenters. The predicted octanol–water partition coefficient (Wildman–Crippen LogP) is 6.22. The number of benzene rings is 1. The van der Waals surface area contributed by atoms with Crippen LogP contribution in [0.15, 0.2) is 18.2 Å². The number of rotatable bonds is 3. The molecule has 1 aromatic rings. The Balaban J connectivity index is 3.45. The van der Waals surface area contributed by atoms with Crippen LogP contribution in [0.4, 0.5) is 0 Å². The van der Waals surface area contributed by atoms with Crippen LogP contribution in [0, 0.1) is 0 Å². The van der Waals surface area contributed by atoms with E-state index in [9.17, 15) is 4.79 Å². The molecule has 1 rings (SSSR count). The number of carbonyl (C=O) groups is 1. The molecule has 94 valence electrons. The molecule has 0 saturated heterocycles. The van der Waals surface area contributed by atoms with E-state index in [1.807, 2.05) is 0 Å². The van der Waals surface area contributed by atoms with Crippen LogP contribution in [-0.4, -0.2) is 11.1 Å². The van der Waals surface area contributed by atoms with Crippen molar-refractivity contribution >= 4 is 142 Å². The van der Waals surface area contributed by atoms with Gasteiger partial charge in [-0.15, -0.1) is 0 Å². The molecule has 0 aromatic heterocycles. The van der Waals surface area contributed by atoms with Crippen LogP contribution in [0.3, 0.4) is 0 Å². The van der Waals surface area contributed by atoms with Gasteiger partial charge in [-0.1, -0.05) is 0 Å². The summed E-state index contributed by atoms with van der Waals surface area (Å²) in [6, 6.07) is 5.56. The third-order valence-corrected chi connectivity index (χ3v) is 5.57. The second-order valence-electron chi connectivity index (χ2n) is 3.10. The van der Waals surface area contributed by atoms with Gasteiger partial charge in [0.05, 0.1) is 5.56 Å². The minimum Gasteiger partial charge on any atom is -0.478 e. The first-order valence-electron chi connectivity index (χ1n) is 4.04. The van der Waals surface area contributed by atoms with E-state index in [-0.39, 0.29) is -1.13 Å². The standard InChI is InChI=1S/C9H4I6O2/c10-8(11,12)5-1-4(7(16)17)2-6(3-5)9(13,14)15/h1-3H,(H,16,17). The molecule has 2 nitrogen and oxygen atoms in total. The van der Waals surface area contributed by atoms with E-state index in [0.29, 0.717) is 5.56 Å². The van der Waals surface area contributed by atoms with E-state index < -0.39 is 5.97 Å². The van der Waals surface area contributed by atoms with Crippen LogP contribution in [0.5, 0.6) is 0 Å². The molecular weight excluding hydrogens is 902 g/mol. The fraction of sp³-hybridized carbons (Fsp3) is 0.222. The molecule has 0 bridgehead atoms. The molecule has 0 radical (unpaired) electrons. The van der Waals surface area contributed by atoms with Crippen molar-refractivity contribution in [2.75, 3.05) is 0 Å². The van der Waals surface area contributed by atoms with Crippen molar-refractivity contribution in [3.8, 4) is 0 Å². The Morgan fingerprint density at radius 1 is 0.882 bits per heavy atom. The highest BCUT2D eigenvalue weighted by Gasteiger charge is 2.27. The Bertz CT molecular complexity index is 414. The normalized spacial score (nSPS) is 12.6. The van der Waals surface area contributed by atoms with Gasteiger partial charge < -0.3 is 5.11 Å². The molecule has 0 fully saturated rings. The summed E-state index contributed by atoms with van der Waals surface area (Å²) in [6.07, 6.45) is 0. The molecule has 0 aliphatic carbocycles. The maximum absolute atomic E-state index is 11.1. The Labute approximate surface area is 181 Å². The molecule has 0 heterocycles. The summed E-state index contributed by atoms with van der Waals surface area (Å²) < 4.78 is -0.273. The number of alkyl halides is 6. The molecule has 17 heavy (non-hydrogen) atoms. The van der Waals surface area contributed by atoms with Gasteiger partial charge in [-0.25, -0.2) is 4.79 Å². The Morgan fingerprint density at radius 3 is 1.47 bits per heavy atom. The second-order valence-corrected chi connectivity index (χ2v) is 25.2. The number of halogens is 6. The van der Waals surface area contributed by atoms with Crippen molar-refractivity contribution in [1.29, 1.82) is 0 Å². The average Bonchev–Trinajstić information content (AvgIpc) is 2.14. The molecule has 0 aliphatic rings. The van der Waals surface area contributed by atoms with Gasteiger partial charge in [0, 0.05) is 0 Å². The summed E-state index contributed by atoms with van der Waals surface area (Å²) in [7, 11) is 0. The first kappa shape index (κ1) is 18.1. The molecule has 0 amide bonds. The maximum atomic E-state index is 11.1. The minimum absolute atomic E-state index is 0.136. The molecule has 8 heteroatoms. The van der Waals surface area contributed by atoms with Crippen LogP contribution >= 0.6 is 136 Å². The Hall–Kier alpha value is 3.07. The van der Waals surface area contributed by atoms with Gasteiger partial charge in [-0.05, 0) is 165 Å². The third-order valence-electron chi connectivity index (χ3n) is 1.83. The van der Waals surface area contributed by atoms with E-state index in [1.54, 1.807) is 12.1 Å². The van der Waals surface area contributed by atoms with E-state index in [4.69, 9.17) is 5.11 Å². The van der Waals surface area contributed by atoms with Crippen molar-refractivity contribution < 1.29 is 9.90 Å². The van der Waals surface area contributed by atoms with Gasteiger partial charge in [-0.3, -0.25) is 0 Å². The van der Waals surface area contributed by atoms with E-state index in [1.165, 1.54) is 0 Å². The Kier molecular flexibility index (Phi) is 7.34. The summed E-state index contributed by atoms with van der Waals surface area (Å²) >= 11 is 13.8. The summed E-state index contributed by atoms with van der Waals surface area (Å²) in [5, 5.41) is 9.15. The molecule has 0 aliphatic heterocycles. The lowest BCUT2D eigenvalue weighted by atomic mass is 10.1. The summed E-state index contributed by atoms with van der Waals surface area (Å²) in [5.41, 5.74) is 2.38. The molecule has 0 spiro atoms. The van der Waals surface area contributed by atoms with Crippen molar-refractivity contribution in [1.82, 2.24) is 0 Å². The maximum Gasteiger partial charge on any atom is 0.335 e. The molecule has 0 saturated carbocycles. The molecule has 0 atom stereocenters. The van der Waals surface area contributed by atoms with Gasteiger partial charge >= 0.3 is 5.97 Å². The van der Waals surface area contributed by atoms with Crippen LogP contribution in [0.2, 0.25) is 0 Å². The van der Waals surface area contributed by atoms with Crippen LogP contribution in [0.1, 0.15) is 21.5 Å². The van der Waals surface area contributed by atoms with Gasteiger partial charge in [0.15, 0.2) is 0 Å². The zero-order valence-corrected chi connectivity index (χ0v) is 20.8. The lowest BCUT2D eigenvalue weighted by Crippen LogP contribution is -2.08. The fourth-order valence-corrected chi connectivity index (χ4v) is 2.95. The number of carboxylic acids is 1. The van der Waals surface area contributed by atoms with E-state index >= 15 is 0 Å². The fourth-order valence-electron chi connectivity index (χ4n) is 1.08. The highest BCUT2D eigenvalue weighted by molar-refractivity contribution is 14.3. The van der Waals surface area contributed by atoms with Gasteiger partial charge in [0.2, 0.25) is 0 Å². The lowest BCUT2D eigenvalue weighted by molar-refractivity contribution is 0.0696. The monoisotopic (exact) mass is 905 g/mol. The van der Waals surface area contributed by atoms with E-state index in [0.717, 1.165) is 11.1 Å². The topological polar surface area (TPSA) is 37.3 Å². The first-order valence-corrected chi connectivity index (χ1v) is 10.5. The van der Waals surface area contributed by atoms with E-state index in [2.05, 4.69) is 142 Å². The quantitative estimate of drug-likeness (QED) is 0.290. The van der Waals surface area contributed by atoms with Crippen LogP contribution in [0.25, 0.3) is 0 Å². The van der Waals surface area contributed by atoms with Gasteiger partial charge in [0.25, 0.3) is 0 Å². The number of hydrogen-bond donors (Lipinski definition) is 1. The van der Waals surface area contributed by atoms with Crippen molar-refractivity contribution in [3.63, 3.8) is 0 Å². The summed E-state index contributed by atoms with van der Waals surface area (Å²) in [6.45, 7) is 0. The molecule has 1 N–H and O–H groups in total. The lowest BCUT2D eigenvalue weighted by Gasteiger charge is -2.19. The van der Waals surface area contributed by atoms with Crippen molar-refractivity contribution in [3.05, 3.63) is 34.9 Å². The zero-order valence-electron chi connectivity index (χ0n) is 7.86. The highest BCUT2D eigenvalue weighted by Crippen LogP contribution is 2.50. The number of carboxylic acid groups (broad SMARTS) is 1. The van der Waals surface area contributed by atoms with Crippen LogP contribution in [-0.2, 0) is -1.13 Å². The average molecular weight is 906 g/mol. The predicted molar refractivity (Wildman–Crippen MR) is 121 cm³/mol. The largest absolute Gasteiger partial charge is 0.478 e. The second kappa shape index (κ2) is 6.89. The van der Waals surface area contributed by atoms with Crippen LogP contribution < -0.4 is 0 Å². The smallest absolute Gasteiger partial charge is 0.335 e. The molecule has 1 aromatic carbocycles. The number of hydrogen-bond acceptors (Lipinski definition) is 1. The first-order chi connectivity index (χ1) is 7.51. The SMILES string of the molecule is O=C(O)c1cc(C(I)(I)I)cc(C(I)(I)I)c1. The Morgan fingerprint density at radius 2 is 1.24 bits per heavy atom.